The molecule has 3 rings (SSSR count). The Bertz CT molecular complexity index is 1160. The number of hydrogen-bond acceptors (Lipinski definition) is 7. The van der Waals surface area contributed by atoms with E-state index in [1.165, 1.54) is 36.5 Å². The summed E-state index contributed by atoms with van der Waals surface area (Å²) in [7, 11) is 0. The van der Waals surface area contributed by atoms with Gasteiger partial charge < -0.3 is 4.74 Å². The zero-order valence-corrected chi connectivity index (χ0v) is 16.7. The first-order valence-corrected chi connectivity index (χ1v) is 9.43. The summed E-state index contributed by atoms with van der Waals surface area (Å²) < 4.78 is 5.77. The highest BCUT2D eigenvalue weighted by molar-refractivity contribution is 5.86. The Morgan fingerprint density at radius 1 is 0.938 bits per heavy atom. The number of non-ortho nitro benzene ring substituents is 1. The number of nitrogens with zero attached hydrogens (tertiary/aromatic N) is 3. The van der Waals surface area contributed by atoms with Crippen LogP contribution in [-0.4, -0.2) is 22.0 Å². The van der Waals surface area contributed by atoms with Crippen molar-refractivity contribution in [2.75, 3.05) is 0 Å². The first-order chi connectivity index (χ1) is 15.4. The second-order valence-corrected chi connectivity index (χ2v) is 6.61. The summed E-state index contributed by atoms with van der Waals surface area (Å²) in [5, 5.41) is 25.7. The lowest BCUT2D eigenvalue weighted by molar-refractivity contribution is -0.385. The minimum Gasteiger partial charge on any atom is -0.488 e. The summed E-state index contributed by atoms with van der Waals surface area (Å²) >= 11 is 0. The Morgan fingerprint density at radius 2 is 1.62 bits per heavy atom. The molecule has 0 saturated heterocycles. The normalized spacial score (nSPS) is 10.6. The lowest BCUT2D eigenvalue weighted by Crippen LogP contribution is -2.20. The molecule has 0 saturated carbocycles. The second kappa shape index (κ2) is 10.4. The zero-order valence-electron chi connectivity index (χ0n) is 16.7. The quantitative estimate of drug-likeness (QED) is 0.309. The third-order valence-corrected chi connectivity index (χ3v) is 4.39. The Labute approximate surface area is 182 Å². The molecule has 3 aromatic rings. The average Bonchev–Trinajstić information content (AvgIpc) is 2.79. The number of nitro benzene ring substituents is 2. The molecule has 0 aliphatic heterocycles. The average molecular weight is 434 g/mol. The molecular formula is C22H18N4O6. The van der Waals surface area contributed by atoms with Crippen LogP contribution >= 0.6 is 0 Å². The molecular weight excluding hydrogens is 416 g/mol. The highest BCUT2D eigenvalue weighted by atomic mass is 16.6. The number of rotatable bonds is 9. The highest BCUT2D eigenvalue weighted by Crippen LogP contribution is 2.20. The second-order valence-electron chi connectivity index (χ2n) is 6.61. The topological polar surface area (TPSA) is 137 Å². The predicted octanol–water partition coefficient (Wildman–Crippen LogP) is 3.77. The predicted molar refractivity (Wildman–Crippen MR) is 116 cm³/mol. The fraction of sp³-hybridized carbons (Fsp3) is 0.0909. The Hall–Kier alpha value is -4.60. The summed E-state index contributed by atoms with van der Waals surface area (Å²) in [5.74, 6) is 0.00220. The largest absolute Gasteiger partial charge is 0.488 e. The molecule has 0 fully saturated rings. The molecule has 0 radical (unpaired) electrons. The van der Waals surface area contributed by atoms with Crippen molar-refractivity contribution in [1.82, 2.24) is 5.43 Å². The number of nitro groups is 2. The van der Waals surface area contributed by atoms with E-state index in [2.05, 4.69) is 10.5 Å². The van der Waals surface area contributed by atoms with Gasteiger partial charge in [-0.05, 0) is 29.8 Å². The molecule has 0 atom stereocenters. The molecule has 3 aromatic carbocycles. The van der Waals surface area contributed by atoms with Gasteiger partial charge in [0.05, 0.1) is 22.5 Å². The van der Waals surface area contributed by atoms with E-state index in [9.17, 15) is 25.0 Å². The number of hydrogen-bond donors (Lipinski definition) is 1. The zero-order chi connectivity index (χ0) is 22.9. The van der Waals surface area contributed by atoms with E-state index in [0.717, 1.165) is 5.56 Å². The molecule has 0 spiro atoms. The number of para-hydroxylation sites is 2. The van der Waals surface area contributed by atoms with E-state index in [1.54, 1.807) is 42.5 Å². The summed E-state index contributed by atoms with van der Waals surface area (Å²) in [6.45, 7) is 0.187. The van der Waals surface area contributed by atoms with Crippen LogP contribution in [-0.2, 0) is 17.8 Å². The van der Waals surface area contributed by atoms with Crippen LogP contribution < -0.4 is 10.2 Å². The van der Waals surface area contributed by atoms with E-state index in [0.29, 0.717) is 11.3 Å². The maximum absolute atomic E-state index is 12.1. The lowest BCUT2D eigenvalue weighted by atomic mass is 10.1. The summed E-state index contributed by atoms with van der Waals surface area (Å²) in [6.07, 6.45) is 1.22. The summed E-state index contributed by atoms with van der Waals surface area (Å²) in [5.41, 5.74) is 3.86. The smallest absolute Gasteiger partial charge is 0.273 e. The molecule has 1 amide bonds. The van der Waals surface area contributed by atoms with E-state index >= 15 is 0 Å². The molecule has 0 aliphatic rings. The van der Waals surface area contributed by atoms with Crippen molar-refractivity contribution in [3.05, 3.63) is 110 Å². The van der Waals surface area contributed by atoms with Crippen LogP contribution in [0.1, 0.15) is 16.7 Å². The van der Waals surface area contributed by atoms with Gasteiger partial charge in [-0.2, -0.15) is 5.10 Å². The van der Waals surface area contributed by atoms with Gasteiger partial charge in [0.25, 0.3) is 11.4 Å². The summed E-state index contributed by atoms with van der Waals surface area (Å²) in [4.78, 5) is 32.9. The van der Waals surface area contributed by atoms with Gasteiger partial charge in [-0.1, -0.05) is 30.3 Å². The molecule has 0 aliphatic carbocycles. The monoisotopic (exact) mass is 434 g/mol. The van der Waals surface area contributed by atoms with Crippen LogP contribution in [0.15, 0.2) is 77.9 Å². The number of carbonyl (C=O) groups is 1. The maximum Gasteiger partial charge on any atom is 0.273 e. The van der Waals surface area contributed by atoms with Crippen molar-refractivity contribution in [2.24, 2.45) is 5.10 Å². The van der Waals surface area contributed by atoms with Gasteiger partial charge in [-0.25, -0.2) is 5.43 Å². The molecule has 1 N–H and O–H groups in total. The van der Waals surface area contributed by atoms with Gasteiger partial charge in [0.1, 0.15) is 12.4 Å². The molecule has 162 valence electrons. The third kappa shape index (κ3) is 5.95. The van der Waals surface area contributed by atoms with E-state index < -0.39 is 15.8 Å². The fourth-order valence-corrected chi connectivity index (χ4v) is 2.82. The minimum absolute atomic E-state index is 0.00198. The van der Waals surface area contributed by atoms with Crippen LogP contribution in [0.4, 0.5) is 11.4 Å². The minimum atomic E-state index is -0.537. The lowest BCUT2D eigenvalue weighted by Gasteiger charge is -2.09. The number of nitrogens with one attached hydrogen (secondary N) is 1. The standard InChI is InChI=1S/C22H18N4O6/c27-22(13-17-5-1-3-7-20(17)26(30)31)24-23-14-18-6-2-4-8-21(18)32-15-16-9-11-19(12-10-16)25(28)29/h1-12,14H,13,15H2,(H,24,27). The van der Waals surface area contributed by atoms with Crippen molar-refractivity contribution in [3.8, 4) is 5.75 Å². The molecule has 0 bridgehead atoms. The summed E-state index contributed by atoms with van der Waals surface area (Å²) in [6, 6.07) is 19.0. The van der Waals surface area contributed by atoms with E-state index in [-0.39, 0.29) is 30.0 Å². The van der Waals surface area contributed by atoms with Gasteiger partial charge in [0.15, 0.2) is 0 Å². The first kappa shape index (κ1) is 22.1. The number of ether oxygens (including phenoxy) is 1. The highest BCUT2D eigenvalue weighted by Gasteiger charge is 2.15. The van der Waals surface area contributed by atoms with Crippen LogP contribution in [0.25, 0.3) is 0 Å². The molecule has 0 aromatic heterocycles. The van der Waals surface area contributed by atoms with Crippen molar-refractivity contribution < 1.29 is 19.4 Å². The number of hydrazone groups is 1. The fourth-order valence-electron chi connectivity index (χ4n) is 2.82. The Kier molecular flexibility index (Phi) is 7.20. The maximum atomic E-state index is 12.1. The van der Waals surface area contributed by atoms with E-state index in [4.69, 9.17) is 4.74 Å². The van der Waals surface area contributed by atoms with Gasteiger partial charge in [0.2, 0.25) is 5.91 Å². The van der Waals surface area contributed by atoms with Gasteiger partial charge in [-0.15, -0.1) is 0 Å². The number of carbonyl (C=O) groups excluding carboxylic acids is 1. The first-order valence-electron chi connectivity index (χ1n) is 9.43. The van der Waals surface area contributed by atoms with Gasteiger partial charge >= 0.3 is 0 Å². The molecule has 0 unspecified atom stereocenters. The Morgan fingerprint density at radius 3 is 2.34 bits per heavy atom. The van der Waals surface area contributed by atoms with Gasteiger partial charge in [0, 0.05) is 29.3 Å². The van der Waals surface area contributed by atoms with Crippen molar-refractivity contribution in [2.45, 2.75) is 13.0 Å². The molecule has 0 heterocycles. The molecule has 32 heavy (non-hydrogen) atoms. The van der Waals surface area contributed by atoms with Crippen molar-refractivity contribution in [3.63, 3.8) is 0 Å². The van der Waals surface area contributed by atoms with Crippen molar-refractivity contribution in [1.29, 1.82) is 0 Å². The van der Waals surface area contributed by atoms with Crippen LogP contribution in [0.3, 0.4) is 0 Å². The Balaban J connectivity index is 1.60. The van der Waals surface area contributed by atoms with E-state index in [1.807, 2.05) is 0 Å². The number of benzene rings is 3. The van der Waals surface area contributed by atoms with Crippen LogP contribution in [0.2, 0.25) is 0 Å². The molecule has 10 heteroatoms. The number of amides is 1. The van der Waals surface area contributed by atoms with Gasteiger partial charge in [-0.3, -0.25) is 25.0 Å². The van der Waals surface area contributed by atoms with Crippen molar-refractivity contribution >= 4 is 23.5 Å². The molecule has 10 nitrogen and oxygen atoms in total. The third-order valence-electron chi connectivity index (χ3n) is 4.39. The van der Waals surface area contributed by atoms with Crippen LogP contribution in [0, 0.1) is 20.2 Å². The SMILES string of the molecule is O=C(Cc1ccccc1[N+](=O)[O-])NN=Cc1ccccc1OCc1ccc([N+](=O)[O-])cc1. The van der Waals surface area contributed by atoms with Crippen LogP contribution in [0.5, 0.6) is 5.75 Å².